The minimum absolute atomic E-state index is 0.0544. The topological polar surface area (TPSA) is 133 Å². The lowest BCUT2D eigenvalue weighted by molar-refractivity contribution is -0.119. The molecule has 0 bridgehead atoms. The predicted molar refractivity (Wildman–Crippen MR) is 157 cm³/mol. The number of imide groups is 2. The van der Waals surface area contributed by atoms with Crippen LogP contribution in [0.25, 0.3) is 11.1 Å². The fourth-order valence-electron chi connectivity index (χ4n) is 5.37. The molecule has 0 saturated heterocycles. The molecule has 0 spiro atoms. The molecule has 0 fully saturated rings. The minimum atomic E-state index is -0.328. The molecule has 0 aromatic heterocycles. The number of amides is 6. The maximum Gasteiger partial charge on any atom is 0.261 e. The van der Waals surface area contributed by atoms with E-state index < -0.39 is 0 Å². The van der Waals surface area contributed by atoms with Crippen LogP contribution in [0, 0.1) is 0 Å². The Morgan fingerprint density at radius 1 is 0.524 bits per heavy atom. The number of carbonyl (C=O) groups excluding carboxylic acids is 6. The van der Waals surface area contributed by atoms with Crippen molar-refractivity contribution in [2.75, 3.05) is 26.2 Å². The molecule has 2 aliphatic heterocycles. The number of rotatable bonds is 15. The number of benzene rings is 2. The van der Waals surface area contributed by atoms with Crippen molar-refractivity contribution in [3.8, 4) is 11.1 Å². The third-order valence-corrected chi connectivity index (χ3v) is 7.64. The molecular weight excluding hydrogens is 536 g/mol. The Balaban J connectivity index is 1.34. The molecule has 2 aliphatic rings. The van der Waals surface area contributed by atoms with E-state index in [2.05, 4.69) is 10.6 Å². The number of hydrogen-bond donors (Lipinski definition) is 2. The zero-order valence-corrected chi connectivity index (χ0v) is 24.3. The van der Waals surface area contributed by atoms with Gasteiger partial charge in [0.25, 0.3) is 23.6 Å². The van der Waals surface area contributed by atoms with Gasteiger partial charge in [-0.3, -0.25) is 38.6 Å². The second kappa shape index (κ2) is 14.0. The van der Waals surface area contributed by atoms with Crippen molar-refractivity contribution in [3.63, 3.8) is 0 Å². The zero-order chi connectivity index (χ0) is 30.2. The van der Waals surface area contributed by atoms with Crippen LogP contribution < -0.4 is 10.6 Å². The number of nitrogens with one attached hydrogen (secondary N) is 2. The van der Waals surface area contributed by atoms with Crippen molar-refractivity contribution in [2.45, 2.75) is 65.2 Å². The molecular formula is C32H38N4O6. The minimum Gasteiger partial charge on any atom is -0.356 e. The van der Waals surface area contributed by atoms with E-state index in [4.69, 9.17) is 0 Å². The van der Waals surface area contributed by atoms with Crippen molar-refractivity contribution >= 4 is 35.4 Å². The van der Waals surface area contributed by atoms with E-state index in [1.54, 1.807) is 36.4 Å². The highest BCUT2D eigenvalue weighted by Crippen LogP contribution is 2.32. The van der Waals surface area contributed by atoms with Gasteiger partial charge < -0.3 is 10.6 Å². The predicted octanol–water partition coefficient (Wildman–Crippen LogP) is 3.94. The number of unbranched alkanes of at least 4 members (excludes halogenated alkanes) is 6. The highest BCUT2D eigenvalue weighted by Gasteiger charge is 2.37. The molecule has 2 aromatic carbocycles. The first-order valence-electron chi connectivity index (χ1n) is 14.7. The van der Waals surface area contributed by atoms with E-state index in [1.807, 2.05) is 0 Å². The summed E-state index contributed by atoms with van der Waals surface area (Å²) in [5, 5.41) is 5.51. The van der Waals surface area contributed by atoms with Crippen LogP contribution in [0.3, 0.4) is 0 Å². The van der Waals surface area contributed by atoms with Crippen molar-refractivity contribution < 1.29 is 28.8 Å². The second-order valence-electron chi connectivity index (χ2n) is 10.8. The van der Waals surface area contributed by atoms with Crippen molar-refractivity contribution in [3.05, 3.63) is 58.7 Å². The molecule has 10 heteroatoms. The van der Waals surface area contributed by atoms with Crippen LogP contribution >= 0.6 is 0 Å². The maximum atomic E-state index is 13.1. The molecule has 10 nitrogen and oxygen atoms in total. The van der Waals surface area contributed by atoms with Gasteiger partial charge in [-0.05, 0) is 61.1 Å². The lowest BCUT2D eigenvalue weighted by Crippen LogP contribution is -2.30. The Kier molecular flexibility index (Phi) is 10.2. The lowest BCUT2D eigenvalue weighted by Gasteiger charge is -2.13. The van der Waals surface area contributed by atoms with Crippen molar-refractivity contribution in [2.24, 2.45) is 0 Å². The molecule has 6 amide bonds. The Hall–Kier alpha value is -4.34. The van der Waals surface area contributed by atoms with Crippen LogP contribution in [-0.4, -0.2) is 71.4 Å². The van der Waals surface area contributed by atoms with Gasteiger partial charge in [-0.25, -0.2) is 0 Å². The smallest absolute Gasteiger partial charge is 0.261 e. The van der Waals surface area contributed by atoms with Crippen LogP contribution in [0.4, 0.5) is 0 Å². The lowest BCUT2D eigenvalue weighted by atomic mass is 9.97. The van der Waals surface area contributed by atoms with E-state index in [0.29, 0.717) is 72.4 Å². The molecule has 4 rings (SSSR count). The van der Waals surface area contributed by atoms with E-state index in [1.165, 1.54) is 23.6 Å². The van der Waals surface area contributed by atoms with Gasteiger partial charge in [0.05, 0.1) is 22.3 Å². The quantitative estimate of drug-likeness (QED) is 0.245. The van der Waals surface area contributed by atoms with E-state index >= 15 is 0 Å². The Morgan fingerprint density at radius 2 is 0.881 bits per heavy atom. The third kappa shape index (κ3) is 7.10. The van der Waals surface area contributed by atoms with Crippen molar-refractivity contribution in [1.82, 2.24) is 20.4 Å². The summed E-state index contributed by atoms with van der Waals surface area (Å²) in [6.07, 6.45) is 6.54. The highest BCUT2D eigenvalue weighted by atomic mass is 16.2. The van der Waals surface area contributed by atoms with Gasteiger partial charge in [0, 0.05) is 40.0 Å². The fraction of sp³-hybridized carbons (Fsp3) is 0.438. The van der Waals surface area contributed by atoms with Gasteiger partial charge >= 0.3 is 0 Å². The summed E-state index contributed by atoms with van der Waals surface area (Å²) in [5.41, 5.74) is 2.79. The van der Waals surface area contributed by atoms with Gasteiger partial charge in [0.15, 0.2) is 0 Å². The maximum absolute atomic E-state index is 13.1. The molecule has 2 aromatic rings. The molecule has 0 radical (unpaired) electrons. The van der Waals surface area contributed by atoms with Gasteiger partial charge in [0.2, 0.25) is 11.8 Å². The summed E-state index contributed by atoms with van der Waals surface area (Å²) in [6, 6.07) is 10.2. The monoisotopic (exact) mass is 574 g/mol. The average molecular weight is 575 g/mol. The largest absolute Gasteiger partial charge is 0.356 e. The molecule has 222 valence electrons. The third-order valence-electron chi connectivity index (χ3n) is 7.64. The van der Waals surface area contributed by atoms with Crippen LogP contribution in [0.2, 0.25) is 0 Å². The molecule has 2 N–H and O–H groups in total. The normalized spacial score (nSPS) is 14.0. The van der Waals surface area contributed by atoms with Crippen LogP contribution in [0.1, 0.15) is 107 Å². The van der Waals surface area contributed by atoms with Crippen LogP contribution in [0.5, 0.6) is 0 Å². The first-order valence-corrected chi connectivity index (χ1v) is 14.7. The molecule has 2 heterocycles. The molecule has 0 aliphatic carbocycles. The zero-order valence-electron chi connectivity index (χ0n) is 24.3. The summed E-state index contributed by atoms with van der Waals surface area (Å²) >= 11 is 0. The molecule has 0 atom stereocenters. The fourth-order valence-corrected chi connectivity index (χ4v) is 5.37. The van der Waals surface area contributed by atoms with Gasteiger partial charge in [0.1, 0.15) is 0 Å². The standard InChI is InChI=1S/C32H38N4O6/c1-21(37)33-15-7-3-5-9-17-35-29(39)25-13-11-23(19-27(25)31(35)41)24-12-14-26-28(20-24)32(42)36(30(26)40)18-10-6-4-8-16-34-22(2)38/h11-14,19-20H,3-10,15-18H2,1-2H3,(H,33,37)(H,34,38). The molecule has 0 saturated carbocycles. The molecule has 0 unspecified atom stereocenters. The average Bonchev–Trinajstić information content (AvgIpc) is 3.35. The molecule has 42 heavy (non-hydrogen) atoms. The van der Waals surface area contributed by atoms with Crippen LogP contribution in [0.15, 0.2) is 36.4 Å². The Bertz CT molecular complexity index is 1300. The first kappa shape index (κ1) is 30.6. The van der Waals surface area contributed by atoms with E-state index in [-0.39, 0.29) is 35.4 Å². The van der Waals surface area contributed by atoms with Gasteiger partial charge in [-0.15, -0.1) is 0 Å². The second-order valence-corrected chi connectivity index (χ2v) is 10.8. The van der Waals surface area contributed by atoms with Gasteiger partial charge in [-0.2, -0.15) is 0 Å². The SMILES string of the molecule is CC(=O)NCCCCCCN1C(=O)c2ccc(-c3ccc4c(c3)C(=O)N(CCCCCCNC(C)=O)C4=O)cc2C1=O. The van der Waals surface area contributed by atoms with Gasteiger partial charge in [-0.1, -0.05) is 37.8 Å². The highest BCUT2D eigenvalue weighted by molar-refractivity contribution is 6.23. The van der Waals surface area contributed by atoms with E-state index in [9.17, 15) is 28.8 Å². The summed E-state index contributed by atoms with van der Waals surface area (Å²) in [6.45, 7) is 4.87. The number of fused-ring (bicyclic) bond motifs is 2. The van der Waals surface area contributed by atoms with Crippen molar-refractivity contribution in [1.29, 1.82) is 0 Å². The summed E-state index contributed by atoms with van der Waals surface area (Å²) in [7, 11) is 0. The Morgan fingerprint density at radius 3 is 1.26 bits per heavy atom. The van der Waals surface area contributed by atoms with E-state index in [0.717, 1.165) is 38.5 Å². The summed E-state index contributed by atoms with van der Waals surface area (Å²) in [4.78, 5) is 76.5. The summed E-state index contributed by atoms with van der Waals surface area (Å²) < 4.78 is 0. The number of hydrogen-bond acceptors (Lipinski definition) is 6. The number of nitrogens with zero attached hydrogens (tertiary/aromatic N) is 2. The van der Waals surface area contributed by atoms with Crippen LogP contribution in [-0.2, 0) is 9.59 Å². The summed E-state index contributed by atoms with van der Waals surface area (Å²) in [5.74, 6) is -1.38. The Labute approximate surface area is 245 Å². The first-order chi connectivity index (χ1) is 20.2. The number of carbonyl (C=O) groups is 6.